The standard InChI is InChI=1S/C28H29FN2O5S/c29-23-7-4-8-24(18-23)31(37(33,34)25-9-10-26-27(19-25)36-16-15-35-26)20-28(32)30-13-11-22(12-14-30)17-21-5-2-1-3-6-21/h1-10,18-19,22H,11-17,20H2. The second-order valence-electron chi connectivity index (χ2n) is 9.31. The van der Waals surface area contributed by atoms with Crippen LogP contribution in [0.3, 0.4) is 0 Å². The molecule has 5 rings (SSSR count). The Bertz CT molecular complexity index is 1360. The SMILES string of the molecule is O=C(CN(c1cccc(F)c1)S(=O)(=O)c1ccc2c(c1)OCCO2)N1CCC(Cc2ccccc2)CC1. The van der Waals surface area contributed by atoms with E-state index in [1.165, 1.54) is 42.0 Å². The Kier molecular flexibility index (Phi) is 7.32. The molecule has 3 aromatic carbocycles. The van der Waals surface area contributed by atoms with Crippen molar-refractivity contribution in [3.8, 4) is 11.5 Å². The molecule has 0 aromatic heterocycles. The molecule has 0 spiro atoms. The van der Waals surface area contributed by atoms with Crippen molar-refractivity contribution >= 4 is 21.6 Å². The zero-order valence-electron chi connectivity index (χ0n) is 20.4. The second kappa shape index (κ2) is 10.8. The number of piperidine rings is 1. The van der Waals surface area contributed by atoms with Crippen molar-refractivity contribution in [1.29, 1.82) is 0 Å². The first-order chi connectivity index (χ1) is 17.9. The molecular weight excluding hydrogens is 495 g/mol. The summed E-state index contributed by atoms with van der Waals surface area (Å²) >= 11 is 0. The molecule has 1 amide bonds. The van der Waals surface area contributed by atoms with Gasteiger partial charge in [-0.15, -0.1) is 0 Å². The Hall–Kier alpha value is -3.59. The number of nitrogens with zero attached hydrogens (tertiary/aromatic N) is 2. The van der Waals surface area contributed by atoms with Gasteiger partial charge in [0, 0.05) is 19.2 Å². The molecule has 0 radical (unpaired) electrons. The van der Waals surface area contributed by atoms with Crippen molar-refractivity contribution in [2.75, 3.05) is 37.2 Å². The first-order valence-corrected chi connectivity index (χ1v) is 13.8. The highest BCUT2D eigenvalue weighted by Gasteiger charge is 2.32. The molecule has 2 aliphatic rings. The van der Waals surface area contributed by atoms with Crippen molar-refractivity contribution in [3.05, 3.63) is 84.2 Å². The van der Waals surface area contributed by atoms with E-state index in [1.54, 1.807) is 4.90 Å². The van der Waals surface area contributed by atoms with Gasteiger partial charge in [-0.1, -0.05) is 36.4 Å². The van der Waals surface area contributed by atoms with E-state index in [4.69, 9.17) is 9.47 Å². The van der Waals surface area contributed by atoms with Crippen LogP contribution in [0, 0.1) is 11.7 Å². The van der Waals surface area contributed by atoms with E-state index >= 15 is 0 Å². The predicted molar refractivity (Wildman–Crippen MR) is 138 cm³/mol. The molecule has 0 bridgehead atoms. The van der Waals surface area contributed by atoms with Crippen LogP contribution >= 0.6 is 0 Å². The Morgan fingerprint density at radius 3 is 2.38 bits per heavy atom. The number of hydrogen-bond acceptors (Lipinski definition) is 5. The van der Waals surface area contributed by atoms with Crippen molar-refractivity contribution in [2.24, 2.45) is 5.92 Å². The maximum atomic E-state index is 14.1. The normalized spacial score (nSPS) is 15.9. The van der Waals surface area contributed by atoms with Crippen LogP contribution in [0.2, 0.25) is 0 Å². The van der Waals surface area contributed by atoms with Gasteiger partial charge in [-0.3, -0.25) is 9.10 Å². The summed E-state index contributed by atoms with van der Waals surface area (Å²) in [5.74, 6) is 0.333. The lowest BCUT2D eigenvalue weighted by molar-refractivity contribution is -0.130. The lowest BCUT2D eigenvalue weighted by Crippen LogP contribution is -2.46. The largest absolute Gasteiger partial charge is 0.486 e. The first-order valence-electron chi connectivity index (χ1n) is 12.4. The van der Waals surface area contributed by atoms with Gasteiger partial charge in [-0.2, -0.15) is 0 Å². The van der Waals surface area contributed by atoms with E-state index in [0.717, 1.165) is 29.6 Å². The van der Waals surface area contributed by atoms with E-state index in [2.05, 4.69) is 12.1 Å². The van der Waals surface area contributed by atoms with Crippen LogP contribution in [0.1, 0.15) is 18.4 Å². The summed E-state index contributed by atoms with van der Waals surface area (Å²) in [6.45, 7) is 1.37. The molecule has 37 heavy (non-hydrogen) atoms. The first kappa shape index (κ1) is 25.1. The number of carbonyl (C=O) groups is 1. The van der Waals surface area contributed by atoms with Crippen LogP contribution < -0.4 is 13.8 Å². The third-order valence-electron chi connectivity index (χ3n) is 6.81. The quantitative estimate of drug-likeness (QED) is 0.461. The summed E-state index contributed by atoms with van der Waals surface area (Å²) in [4.78, 5) is 15.0. The van der Waals surface area contributed by atoms with Gasteiger partial charge in [0.05, 0.1) is 10.6 Å². The number of halogens is 1. The highest BCUT2D eigenvalue weighted by atomic mass is 32.2. The fourth-order valence-corrected chi connectivity index (χ4v) is 6.24. The molecule has 0 unspecified atom stereocenters. The number of fused-ring (bicyclic) bond motifs is 1. The number of benzene rings is 3. The average Bonchev–Trinajstić information content (AvgIpc) is 2.92. The second-order valence-corrected chi connectivity index (χ2v) is 11.2. The highest BCUT2D eigenvalue weighted by Crippen LogP contribution is 2.34. The molecular formula is C28H29FN2O5S. The van der Waals surface area contributed by atoms with Crippen molar-refractivity contribution in [1.82, 2.24) is 4.90 Å². The predicted octanol–water partition coefficient (Wildman–Crippen LogP) is 4.27. The molecule has 7 nitrogen and oxygen atoms in total. The molecule has 1 saturated heterocycles. The van der Waals surface area contributed by atoms with E-state index in [0.29, 0.717) is 43.7 Å². The number of hydrogen-bond donors (Lipinski definition) is 0. The molecule has 0 aliphatic carbocycles. The molecule has 0 atom stereocenters. The average molecular weight is 525 g/mol. The Balaban J connectivity index is 1.34. The van der Waals surface area contributed by atoms with Gasteiger partial charge in [0.25, 0.3) is 10.0 Å². The smallest absolute Gasteiger partial charge is 0.264 e. The lowest BCUT2D eigenvalue weighted by Gasteiger charge is -2.34. The fraction of sp³-hybridized carbons (Fsp3) is 0.321. The minimum atomic E-state index is -4.21. The maximum absolute atomic E-state index is 14.1. The number of rotatable bonds is 7. The Morgan fingerprint density at radius 1 is 0.919 bits per heavy atom. The van der Waals surface area contributed by atoms with Crippen molar-refractivity contribution in [2.45, 2.75) is 24.2 Å². The van der Waals surface area contributed by atoms with Gasteiger partial charge in [-0.25, -0.2) is 12.8 Å². The summed E-state index contributed by atoms with van der Waals surface area (Å²) in [5.41, 5.74) is 1.36. The van der Waals surface area contributed by atoms with Gasteiger partial charge in [0.2, 0.25) is 5.91 Å². The molecule has 2 heterocycles. The topological polar surface area (TPSA) is 76.2 Å². The number of amides is 1. The minimum absolute atomic E-state index is 0.0598. The van der Waals surface area contributed by atoms with Crippen LogP contribution in [0.4, 0.5) is 10.1 Å². The van der Waals surface area contributed by atoms with Crippen LogP contribution in [-0.4, -0.2) is 52.1 Å². The van der Waals surface area contributed by atoms with Gasteiger partial charge in [0.1, 0.15) is 25.6 Å². The third kappa shape index (κ3) is 5.72. The summed E-state index contributed by atoms with van der Waals surface area (Å²) < 4.78 is 53.6. The minimum Gasteiger partial charge on any atom is -0.486 e. The monoisotopic (exact) mass is 524 g/mol. The zero-order chi connectivity index (χ0) is 25.8. The zero-order valence-corrected chi connectivity index (χ0v) is 21.2. The lowest BCUT2D eigenvalue weighted by atomic mass is 9.90. The molecule has 2 aliphatic heterocycles. The molecule has 194 valence electrons. The third-order valence-corrected chi connectivity index (χ3v) is 8.58. The van der Waals surface area contributed by atoms with Crippen molar-refractivity contribution in [3.63, 3.8) is 0 Å². The number of anilines is 1. The molecule has 3 aromatic rings. The molecule has 0 N–H and O–H groups in total. The fourth-order valence-electron chi connectivity index (χ4n) is 4.81. The molecule has 1 fully saturated rings. The van der Waals surface area contributed by atoms with E-state index in [1.807, 2.05) is 18.2 Å². The summed E-state index contributed by atoms with van der Waals surface area (Å²) in [7, 11) is -4.21. The molecule has 0 saturated carbocycles. The van der Waals surface area contributed by atoms with E-state index in [-0.39, 0.29) is 16.5 Å². The summed E-state index contributed by atoms with van der Waals surface area (Å²) in [6.07, 6.45) is 2.64. The van der Waals surface area contributed by atoms with E-state index in [9.17, 15) is 17.6 Å². The van der Waals surface area contributed by atoms with Crippen molar-refractivity contribution < 1.29 is 27.1 Å². The van der Waals surface area contributed by atoms with Gasteiger partial charge in [0.15, 0.2) is 11.5 Å². The van der Waals surface area contributed by atoms with Gasteiger partial charge < -0.3 is 14.4 Å². The Labute approximate surface area is 216 Å². The summed E-state index contributed by atoms with van der Waals surface area (Å²) in [5, 5.41) is 0. The van der Waals surface area contributed by atoms with Gasteiger partial charge >= 0.3 is 0 Å². The molecule has 9 heteroatoms. The maximum Gasteiger partial charge on any atom is 0.264 e. The van der Waals surface area contributed by atoms with Crippen LogP contribution in [0.25, 0.3) is 0 Å². The number of likely N-dealkylation sites (tertiary alicyclic amines) is 1. The number of ether oxygens (including phenoxy) is 2. The van der Waals surface area contributed by atoms with Crippen LogP contribution in [-0.2, 0) is 21.2 Å². The number of carbonyl (C=O) groups excluding carboxylic acids is 1. The highest BCUT2D eigenvalue weighted by molar-refractivity contribution is 7.92. The Morgan fingerprint density at radius 2 is 1.65 bits per heavy atom. The van der Waals surface area contributed by atoms with Gasteiger partial charge in [-0.05, 0) is 61.1 Å². The van der Waals surface area contributed by atoms with Crippen LogP contribution in [0.15, 0.2) is 77.7 Å². The number of sulfonamides is 1. The summed E-state index contributed by atoms with van der Waals surface area (Å²) in [6, 6.07) is 19.9. The van der Waals surface area contributed by atoms with E-state index < -0.39 is 22.4 Å². The van der Waals surface area contributed by atoms with Crippen LogP contribution in [0.5, 0.6) is 11.5 Å².